The summed E-state index contributed by atoms with van der Waals surface area (Å²) in [5, 5.41) is 11.1. The van der Waals surface area contributed by atoms with Crippen LogP contribution in [0.1, 0.15) is 11.3 Å². The first-order valence-electron chi connectivity index (χ1n) is 6.79. The fourth-order valence-corrected chi connectivity index (χ4v) is 2.37. The highest BCUT2D eigenvalue weighted by atomic mass is 35.5. The number of oxazole rings is 1. The summed E-state index contributed by atoms with van der Waals surface area (Å²) in [7, 11) is 0. The lowest BCUT2D eigenvalue weighted by atomic mass is 10.2. The normalized spacial score (nSPS) is 11.3. The van der Waals surface area contributed by atoms with E-state index in [1.54, 1.807) is 36.4 Å². The van der Waals surface area contributed by atoms with Gasteiger partial charge in [-0.1, -0.05) is 23.2 Å². The van der Waals surface area contributed by atoms with Crippen LogP contribution in [0.2, 0.25) is 10.0 Å². The molecule has 0 unspecified atom stereocenters. The van der Waals surface area contributed by atoms with Gasteiger partial charge in [0, 0.05) is 15.6 Å². The summed E-state index contributed by atoms with van der Waals surface area (Å²) in [5.41, 5.74) is 2.64. The standard InChI is InChI=1S/C17H12Cl2N2O2/c1-10-8-13(19)6-7-14(10)20-9-15-17(22)23-16(21-15)11-2-4-12(18)5-3-11/h2-9,22H,1H3. The maximum Gasteiger partial charge on any atom is 0.312 e. The molecule has 0 aliphatic carbocycles. The molecule has 3 rings (SSSR count). The number of hydrogen-bond acceptors (Lipinski definition) is 4. The van der Waals surface area contributed by atoms with Crippen molar-refractivity contribution in [2.75, 3.05) is 0 Å². The quantitative estimate of drug-likeness (QED) is 0.644. The Bertz CT molecular complexity index is 871. The first-order chi connectivity index (χ1) is 11.0. The van der Waals surface area contributed by atoms with Gasteiger partial charge in [-0.3, -0.25) is 4.99 Å². The van der Waals surface area contributed by atoms with Gasteiger partial charge in [0.1, 0.15) is 0 Å². The average molecular weight is 347 g/mol. The second-order valence-electron chi connectivity index (χ2n) is 4.91. The third-order valence-corrected chi connectivity index (χ3v) is 3.70. The van der Waals surface area contributed by atoms with Gasteiger partial charge >= 0.3 is 5.95 Å². The molecule has 0 saturated carbocycles. The molecule has 0 aliphatic rings. The third kappa shape index (κ3) is 3.55. The zero-order chi connectivity index (χ0) is 16.4. The molecule has 116 valence electrons. The van der Waals surface area contributed by atoms with Gasteiger partial charge in [0.15, 0.2) is 5.69 Å². The van der Waals surface area contributed by atoms with Crippen LogP contribution in [-0.2, 0) is 0 Å². The van der Waals surface area contributed by atoms with Crippen LogP contribution in [0.4, 0.5) is 5.69 Å². The Hall–Kier alpha value is -2.30. The van der Waals surface area contributed by atoms with Crippen LogP contribution >= 0.6 is 23.2 Å². The predicted octanol–water partition coefficient (Wildman–Crippen LogP) is 5.41. The second-order valence-corrected chi connectivity index (χ2v) is 5.78. The molecule has 0 saturated heterocycles. The number of benzene rings is 2. The summed E-state index contributed by atoms with van der Waals surface area (Å²) in [4.78, 5) is 8.55. The SMILES string of the molecule is Cc1cc(Cl)ccc1N=Cc1nc(-c2ccc(Cl)cc2)oc1O. The monoisotopic (exact) mass is 346 g/mol. The number of aromatic nitrogens is 1. The fourth-order valence-electron chi connectivity index (χ4n) is 2.02. The van der Waals surface area contributed by atoms with Gasteiger partial charge in [-0.25, -0.2) is 4.98 Å². The summed E-state index contributed by atoms with van der Waals surface area (Å²) < 4.78 is 5.27. The molecule has 0 aliphatic heterocycles. The Morgan fingerprint density at radius 2 is 1.78 bits per heavy atom. The van der Waals surface area contributed by atoms with Crippen molar-refractivity contribution in [2.24, 2.45) is 4.99 Å². The van der Waals surface area contributed by atoms with Crippen molar-refractivity contribution in [2.45, 2.75) is 6.92 Å². The van der Waals surface area contributed by atoms with E-state index in [2.05, 4.69) is 9.98 Å². The fraction of sp³-hybridized carbons (Fsp3) is 0.0588. The maximum atomic E-state index is 9.87. The van der Waals surface area contributed by atoms with Crippen LogP contribution in [0.15, 0.2) is 51.9 Å². The number of halogens is 2. The van der Waals surface area contributed by atoms with E-state index in [4.69, 9.17) is 27.6 Å². The van der Waals surface area contributed by atoms with Gasteiger partial charge in [0.05, 0.1) is 11.9 Å². The van der Waals surface area contributed by atoms with Crippen LogP contribution in [-0.4, -0.2) is 16.3 Å². The maximum absolute atomic E-state index is 9.87. The Kier molecular flexibility index (Phi) is 4.37. The number of nitrogens with zero attached hydrogens (tertiary/aromatic N) is 2. The van der Waals surface area contributed by atoms with Crippen LogP contribution in [0.5, 0.6) is 5.95 Å². The lowest BCUT2D eigenvalue weighted by Gasteiger charge is -1.99. The molecule has 0 fully saturated rings. The molecule has 1 heterocycles. The lowest BCUT2D eigenvalue weighted by molar-refractivity contribution is 0.337. The average Bonchev–Trinajstić information content (AvgIpc) is 2.88. The van der Waals surface area contributed by atoms with Crippen LogP contribution in [0.3, 0.4) is 0 Å². The van der Waals surface area contributed by atoms with Crippen molar-refractivity contribution in [1.82, 2.24) is 4.98 Å². The highest BCUT2D eigenvalue weighted by molar-refractivity contribution is 6.31. The zero-order valence-corrected chi connectivity index (χ0v) is 13.6. The van der Waals surface area contributed by atoms with E-state index in [1.165, 1.54) is 6.21 Å². The molecular formula is C17H12Cl2N2O2. The van der Waals surface area contributed by atoms with Gasteiger partial charge in [0.25, 0.3) is 0 Å². The van der Waals surface area contributed by atoms with Gasteiger partial charge in [-0.15, -0.1) is 0 Å². The number of hydrogen-bond donors (Lipinski definition) is 1. The Labute approximate surface area is 143 Å². The Morgan fingerprint density at radius 3 is 2.48 bits per heavy atom. The van der Waals surface area contributed by atoms with Gasteiger partial charge in [-0.05, 0) is 55.0 Å². The molecule has 0 radical (unpaired) electrons. The summed E-state index contributed by atoms with van der Waals surface area (Å²) in [6.45, 7) is 1.90. The zero-order valence-electron chi connectivity index (χ0n) is 12.1. The van der Waals surface area contributed by atoms with Gasteiger partial charge < -0.3 is 9.52 Å². The number of rotatable bonds is 3. The van der Waals surface area contributed by atoms with Crippen molar-refractivity contribution >= 4 is 35.1 Å². The van der Waals surface area contributed by atoms with Crippen molar-refractivity contribution in [1.29, 1.82) is 0 Å². The largest absolute Gasteiger partial charge is 0.479 e. The van der Waals surface area contributed by atoms with E-state index in [0.29, 0.717) is 21.5 Å². The van der Waals surface area contributed by atoms with Gasteiger partial charge in [-0.2, -0.15) is 0 Å². The molecule has 6 heteroatoms. The van der Waals surface area contributed by atoms with Crippen molar-refractivity contribution in [3.63, 3.8) is 0 Å². The summed E-state index contributed by atoms with van der Waals surface area (Å²) >= 11 is 11.8. The summed E-state index contributed by atoms with van der Waals surface area (Å²) in [5.74, 6) is 0.0127. The van der Waals surface area contributed by atoms with E-state index in [9.17, 15) is 5.11 Å². The second kappa shape index (κ2) is 6.44. The molecule has 0 spiro atoms. The predicted molar refractivity (Wildman–Crippen MR) is 92.1 cm³/mol. The number of aryl methyl sites for hydroxylation is 1. The minimum atomic E-state index is -0.287. The van der Waals surface area contributed by atoms with E-state index in [-0.39, 0.29) is 11.6 Å². The first-order valence-corrected chi connectivity index (χ1v) is 7.54. The smallest absolute Gasteiger partial charge is 0.312 e. The summed E-state index contributed by atoms with van der Waals surface area (Å²) in [6, 6.07) is 12.3. The molecule has 23 heavy (non-hydrogen) atoms. The molecule has 1 N–H and O–H groups in total. The Balaban J connectivity index is 1.89. The van der Waals surface area contributed by atoms with Crippen molar-refractivity contribution < 1.29 is 9.52 Å². The molecular weight excluding hydrogens is 335 g/mol. The molecule has 2 aromatic carbocycles. The van der Waals surface area contributed by atoms with E-state index in [0.717, 1.165) is 11.3 Å². The minimum Gasteiger partial charge on any atom is -0.479 e. The number of aliphatic imine (C=N–C) groups is 1. The number of aromatic hydroxyl groups is 1. The lowest BCUT2D eigenvalue weighted by Crippen LogP contribution is -1.83. The highest BCUT2D eigenvalue weighted by Crippen LogP contribution is 2.27. The van der Waals surface area contributed by atoms with Crippen LogP contribution < -0.4 is 0 Å². The molecule has 4 nitrogen and oxygen atoms in total. The molecule has 1 aromatic heterocycles. The van der Waals surface area contributed by atoms with Crippen molar-refractivity contribution in [3.05, 3.63) is 63.8 Å². The van der Waals surface area contributed by atoms with Crippen LogP contribution in [0.25, 0.3) is 11.5 Å². The van der Waals surface area contributed by atoms with E-state index >= 15 is 0 Å². The first kappa shape index (κ1) is 15.6. The Morgan fingerprint density at radius 1 is 1.09 bits per heavy atom. The van der Waals surface area contributed by atoms with E-state index < -0.39 is 0 Å². The summed E-state index contributed by atoms with van der Waals surface area (Å²) in [6.07, 6.45) is 1.45. The third-order valence-electron chi connectivity index (χ3n) is 3.21. The molecule has 0 atom stereocenters. The minimum absolute atomic E-state index is 0.254. The van der Waals surface area contributed by atoms with Crippen LogP contribution in [0, 0.1) is 6.92 Å². The van der Waals surface area contributed by atoms with Gasteiger partial charge in [0.2, 0.25) is 5.89 Å². The topological polar surface area (TPSA) is 58.6 Å². The molecule has 0 amide bonds. The highest BCUT2D eigenvalue weighted by Gasteiger charge is 2.12. The molecule has 3 aromatic rings. The van der Waals surface area contributed by atoms with E-state index in [1.807, 2.05) is 13.0 Å². The molecule has 0 bridgehead atoms. The van der Waals surface area contributed by atoms with Crippen molar-refractivity contribution in [3.8, 4) is 17.4 Å².